The predicted molar refractivity (Wildman–Crippen MR) is 160 cm³/mol. The molecule has 15 heteroatoms. The van der Waals surface area contributed by atoms with Gasteiger partial charge in [-0.2, -0.15) is 0 Å². The van der Waals surface area contributed by atoms with Crippen LogP contribution < -0.4 is 15.5 Å². The Bertz CT molecular complexity index is 1260. The van der Waals surface area contributed by atoms with Gasteiger partial charge in [-0.3, -0.25) is 29.0 Å². The van der Waals surface area contributed by atoms with Gasteiger partial charge in [-0.25, -0.2) is 4.79 Å². The highest BCUT2D eigenvalue weighted by molar-refractivity contribution is 8.13. The van der Waals surface area contributed by atoms with E-state index in [0.29, 0.717) is 52.3 Å². The normalized spacial score (nSPS) is 16.8. The van der Waals surface area contributed by atoms with Gasteiger partial charge in [-0.1, -0.05) is 23.4 Å². The molecule has 2 saturated heterocycles. The summed E-state index contributed by atoms with van der Waals surface area (Å²) in [6, 6.07) is 10.1. The van der Waals surface area contributed by atoms with Crippen LogP contribution in [-0.2, 0) is 23.9 Å². The fraction of sp³-hybridized carbons (Fsp3) is 0.423. The number of imide groups is 1. The summed E-state index contributed by atoms with van der Waals surface area (Å²) in [5, 5.41) is -0.116. The number of hydrogen-bond acceptors (Lipinski definition) is 10. The van der Waals surface area contributed by atoms with Crippen LogP contribution in [0.3, 0.4) is 0 Å². The Morgan fingerprint density at radius 1 is 1.07 bits per heavy atom. The van der Waals surface area contributed by atoms with E-state index in [1.54, 1.807) is 41.3 Å². The predicted octanol–water partition coefficient (Wildman–Crippen LogP) is 3.57. The summed E-state index contributed by atoms with van der Waals surface area (Å²) in [4.78, 5) is 67.0. The molecule has 0 aliphatic carbocycles. The number of unbranched alkanes of at least 4 members (excludes halogenated alkanes) is 1. The summed E-state index contributed by atoms with van der Waals surface area (Å²) in [6.07, 6.45) is -0.163. The van der Waals surface area contributed by atoms with Crippen molar-refractivity contribution in [3.8, 4) is 0 Å². The number of thiophene rings is 1. The highest BCUT2D eigenvalue weighted by Crippen LogP contribution is 2.27. The van der Waals surface area contributed by atoms with Gasteiger partial charge in [0.2, 0.25) is 11.0 Å². The lowest BCUT2D eigenvalue weighted by Gasteiger charge is -2.27. The summed E-state index contributed by atoms with van der Waals surface area (Å²) in [5.74, 6) is -0.517. The second-order valence-corrected chi connectivity index (χ2v) is 11.9. The number of nitrogens with two attached hydrogens (primary N) is 1. The van der Waals surface area contributed by atoms with E-state index in [2.05, 4.69) is 0 Å². The lowest BCUT2D eigenvalue weighted by atomic mass is 10.2. The smallest absolute Gasteiger partial charge is 0.414 e. The van der Waals surface area contributed by atoms with Gasteiger partial charge in [-0.05, 0) is 49.2 Å². The monoisotopic (exact) mass is 644 g/mol. The van der Waals surface area contributed by atoms with Crippen LogP contribution in [0.4, 0.5) is 16.2 Å². The van der Waals surface area contributed by atoms with Crippen molar-refractivity contribution in [3.63, 3.8) is 0 Å². The largest absolute Gasteiger partial charge is 0.442 e. The first-order valence-corrected chi connectivity index (χ1v) is 14.9. The second kappa shape index (κ2) is 15.5. The highest BCUT2D eigenvalue weighted by atomic mass is 35.5. The molecule has 0 radical (unpaired) electrons. The van der Waals surface area contributed by atoms with Crippen LogP contribution in [0, 0.1) is 0 Å². The third-order valence-electron chi connectivity index (χ3n) is 6.26. The van der Waals surface area contributed by atoms with Gasteiger partial charge in [-0.15, -0.1) is 23.7 Å². The first-order valence-electron chi connectivity index (χ1n) is 12.7. The Morgan fingerprint density at radius 3 is 2.41 bits per heavy atom. The van der Waals surface area contributed by atoms with Crippen LogP contribution >= 0.6 is 47.1 Å². The van der Waals surface area contributed by atoms with Gasteiger partial charge in [0.25, 0.3) is 11.8 Å². The number of carbonyl (C=O) groups excluding carboxylic acids is 5. The van der Waals surface area contributed by atoms with E-state index in [1.165, 1.54) is 4.90 Å². The zero-order valence-electron chi connectivity index (χ0n) is 22.0. The van der Waals surface area contributed by atoms with Crippen molar-refractivity contribution >= 4 is 87.4 Å². The number of anilines is 2. The molecular formula is C26H30Cl2N4O7S2. The Morgan fingerprint density at radius 2 is 1.78 bits per heavy atom. The highest BCUT2D eigenvalue weighted by Gasteiger charge is 2.36. The lowest BCUT2D eigenvalue weighted by Crippen LogP contribution is -2.43. The minimum atomic E-state index is -0.742. The number of carbonyl (C=O) groups is 5. The fourth-order valence-corrected chi connectivity index (χ4v) is 5.94. The second-order valence-electron chi connectivity index (χ2n) is 9.03. The molecule has 0 unspecified atom stereocenters. The molecule has 2 fully saturated rings. The fourth-order valence-electron chi connectivity index (χ4n) is 4.25. The molecule has 3 heterocycles. The molecule has 41 heavy (non-hydrogen) atoms. The van der Waals surface area contributed by atoms with Crippen LogP contribution in [0.15, 0.2) is 36.4 Å². The van der Waals surface area contributed by atoms with Gasteiger partial charge >= 0.3 is 6.09 Å². The number of nitrogens with zero attached hydrogens (tertiary/aromatic N) is 3. The zero-order valence-corrected chi connectivity index (χ0v) is 25.2. The van der Waals surface area contributed by atoms with Crippen LogP contribution in [-0.4, -0.2) is 85.1 Å². The SMILES string of the molecule is Cl.NCC(=O)SCCCCC(=O)N(C[C@H]1CN(c2ccc(N3CCOCC3=O)cc2)C(=O)O1)C(=O)c1ccc(Cl)s1. The van der Waals surface area contributed by atoms with E-state index in [9.17, 15) is 24.0 Å². The van der Waals surface area contributed by atoms with Crippen LogP contribution in [0.1, 0.15) is 28.9 Å². The van der Waals surface area contributed by atoms with Crippen molar-refractivity contribution in [3.05, 3.63) is 45.6 Å². The summed E-state index contributed by atoms with van der Waals surface area (Å²) in [6.45, 7) is 0.908. The Kier molecular flexibility index (Phi) is 12.4. The van der Waals surface area contributed by atoms with E-state index in [-0.39, 0.29) is 56.1 Å². The van der Waals surface area contributed by atoms with Crippen molar-refractivity contribution in [2.45, 2.75) is 25.4 Å². The number of morpholine rings is 1. The molecule has 1 aromatic heterocycles. The van der Waals surface area contributed by atoms with Gasteiger partial charge in [0.1, 0.15) is 12.7 Å². The van der Waals surface area contributed by atoms with Crippen molar-refractivity contribution in [2.24, 2.45) is 5.73 Å². The molecule has 4 rings (SSSR count). The number of rotatable bonds is 11. The first-order chi connectivity index (χ1) is 19.3. The molecular weight excluding hydrogens is 615 g/mol. The molecule has 1 atom stereocenters. The quantitative estimate of drug-likeness (QED) is 0.364. The number of hydrogen-bond donors (Lipinski definition) is 1. The molecule has 0 spiro atoms. The van der Waals surface area contributed by atoms with Gasteiger partial charge < -0.3 is 20.1 Å². The maximum Gasteiger partial charge on any atom is 0.414 e. The molecule has 1 aromatic carbocycles. The zero-order chi connectivity index (χ0) is 28.6. The first kappa shape index (κ1) is 32.8. The number of amides is 4. The topological polar surface area (TPSA) is 140 Å². The van der Waals surface area contributed by atoms with Gasteiger partial charge in [0.05, 0.1) is 35.5 Å². The molecule has 2 N–H and O–H groups in total. The van der Waals surface area contributed by atoms with E-state index < -0.39 is 24.0 Å². The molecule has 2 aliphatic rings. The Balaban J connectivity index is 0.00000462. The molecule has 222 valence electrons. The van der Waals surface area contributed by atoms with Gasteiger partial charge in [0.15, 0.2) is 0 Å². The number of benzene rings is 1. The van der Waals surface area contributed by atoms with Crippen molar-refractivity contribution in [2.75, 3.05) is 54.9 Å². The minimum absolute atomic E-state index is 0. The molecule has 11 nitrogen and oxygen atoms in total. The van der Waals surface area contributed by atoms with E-state index >= 15 is 0 Å². The van der Waals surface area contributed by atoms with Crippen LogP contribution in [0.5, 0.6) is 0 Å². The summed E-state index contributed by atoms with van der Waals surface area (Å²) >= 11 is 8.19. The van der Waals surface area contributed by atoms with Crippen LogP contribution in [0.2, 0.25) is 4.34 Å². The Labute approximate surface area is 256 Å². The maximum absolute atomic E-state index is 13.3. The number of halogens is 2. The number of cyclic esters (lactones) is 1. The van der Waals surface area contributed by atoms with Crippen molar-refractivity contribution < 1.29 is 33.4 Å². The van der Waals surface area contributed by atoms with Crippen LogP contribution in [0.25, 0.3) is 0 Å². The van der Waals surface area contributed by atoms with E-state index in [4.69, 9.17) is 26.8 Å². The van der Waals surface area contributed by atoms with E-state index in [0.717, 1.165) is 28.0 Å². The molecule has 0 saturated carbocycles. The molecule has 4 amide bonds. The van der Waals surface area contributed by atoms with Gasteiger partial charge in [0, 0.05) is 30.1 Å². The minimum Gasteiger partial charge on any atom is -0.442 e. The summed E-state index contributed by atoms with van der Waals surface area (Å²) in [7, 11) is 0. The summed E-state index contributed by atoms with van der Waals surface area (Å²) in [5.41, 5.74) is 6.57. The summed E-state index contributed by atoms with van der Waals surface area (Å²) < 4.78 is 11.1. The average molecular weight is 646 g/mol. The number of ether oxygens (including phenoxy) is 2. The van der Waals surface area contributed by atoms with E-state index in [1.807, 2.05) is 0 Å². The number of thioether (sulfide) groups is 1. The molecule has 2 aliphatic heterocycles. The molecule has 0 bridgehead atoms. The van der Waals surface area contributed by atoms with Crippen molar-refractivity contribution in [1.82, 2.24) is 4.90 Å². The Hall–Kier alpha value is -2.68. The standard InChI is InChI=1S/C26H29ClN4O7S2.ClH/c27-21-9-8-20(40-21)25(35)31(22(32)3-1-2-12-39-24(34)13-28)15-19-14-30(26(36)38-19)18-6-4-17(5-7-18)29-10-11-37-16-23(29)33;/h4-9,19H,1-3,10-16,28H2;1H/t19-;/m1./s1. The van der Waals surface area contributed by atoms with Crippen molar-refractivity contribution in [1.29, 1.82) is 0 Å². The third kappa shape index (κ3) is 8.66. The average Bonchev–Trinajstić information content (AvgIpc) is 3.56. The third-order valence-corrected chi connectivity index (χ3v) is 8.46. The lowest BCUT2D eigenvalue weighted by molar-refractivity contribution is -0.129. The maximum atomic E-state index is 13.3. The molecule has 2 aromatic rings.